The Labute approximate surface area is 194 Å². The predicted octanol–water partition coefficient (Wildman–Crippen LogP) is 3.20. The summed E-state index contributed by atoms with van der Waals surface area (Å²) in [5.41, 5.74) is 1.60. The standard InChI is InChI=1S/C26H29N3O4/c1-4-20-9-6-10-22(15-20)28-24(30)16-27-26(32)21-11-13-23(14-12-21)33-17-25(31)29-18(2)7-5-8-19(29)3/h1,6,9-15,18-19H,5,7-8,16-17H2,2-3H3,(H,27,32)(H,28,30). The third kappa shape index (κ3) is 6.59. The van der Waals surface area contributed by atoms with Crippen LogP contribution in [-0.4, -0.2) is 47.9 Å². The number of ether oxygens (including phenoxy) is 1. The summed E-state index contributed by atoms with van der Waals surface area (Å²) < 4.78 is 5.63. The van der Waals surface area contributed by atoms with Crippen molar-refractivity contribution in [3.63, 3.8) is 0 Å². The van der Waals surface area contributed by atoms with E-state index < -0.39 is 0 Å². The number of anilines is 1. The number of nitrogens with zero attached hydrogens (tertiary/aromatic N) is 1. The molecule has 33 heavy (non-hydrogen) atoms. The van der Waals surface area contributed by atoms with Gasteiger partial charge in [0.25, 0.3) is 11.8 Å². The van der Waals surface area contributed by atoms with E-state index in [0.717, 1.165) is 19.3 Å². The fourth-order valence-corrected chi connectivity index (χ4v) is 3.99. The van der Waals surface area contributed by atoms with Crippen LogP contribution in [0.2, 0.25) is 0 Å². The molecule has 7 heteroatoms. The Morgan fingerprint density at radius 2 is 1.79 bits per heavy atom. The minimum absolute atomic E-state index is 0.0321. The summed E-state index contributed by atoms with van der Waals surface area (Å²) in [5.74, 6) is 2.22. The molecule has 2 unspecified atom stereocenters. The highest BCUT2D eigenvalue weighted by Gasteiger charge is 2.28. The largest absolute Gasteiger partial charge is 0.484 e. The van der Waals surface area contributed by atoms with Crippen LogP contribution in [-0.2, 0) is 9.59 Å². The zero-order chi connectivity index (χ0) is 23.8. The molecule has 3 rings (SSSR count). The molecule has 0 radical (unpaired) electrons. The van der Waals surface area contributed by atoms with Crippen LogP contribution < -0.4 is 15.4 Å². The summed E-state index contributed by atoms with van der Waals surface area (Å²) in [4.78, 5) is 38.9. The molecule has 0 aromatic heterocycles. The Hall–Kier alpha value is -3.79. The van der Waals surface area contributed by atoms with Gasteiger partial charge >= 0.3 is 0 Å². The number of carbonyl (C=O) groups excluding carboxylic acids is 3. The van der Waals surface area contributed by atoms with Crippen molar-refractivity contribution in [2.75, 3.05) is 18.5 Å². The van der Waals surface area contributed by atoms with Crippen LogP contribution in [0.15, 0.2) is 48.5 Å². The second-order valence-electron chi connectivity index (χ2n) is 8.20. The molecular weight excluding hydrogens is 418 g/mol. The van der Waals surface area contributed by atoms with Crippen LogP contribution in [0.25, 0.3) is 0 Å². The number of carbonyl (C=O) groups is 3. The van der Waals surface area contributed by atoms with E-state index in [1.807, 2.05) is 4.90 Å². The summed E-state index contributed by atoms with van der Waals surface area (Å²) in [6.07, 6.45) is 8.51. The fraction of sp³-hybridized carbons (Fsp3) is 0.346. The number of nitrogens with one attached hydrogen (secondary N) is 2. The van der Waals surface area contributed by atoms with Crippen molar-refractivity contribution < 1.29 is 19.1 Å². The lowest BCUT2D eigenvalue weighted by molar-refractivity contribution is -0.139. The van der Waals surface area contributed by atoms with Crippen LogP contribution in [0, 0.1) is 12.3 Å². The molecule has 1 heterocycles. The Bertz CT molecular complexity index is 1030. The average molecular weight is 448 g/mol. The number of likely N-dealkylation sites (tertiary alicyclic amines) is 1. The van der Waals surface area contributed by atoms with Gasteiger partial charge in [0, 0.05) is 28.9 Å². The van der Waals surface area contributed by atoms with E-state index in [2.05, 4.69) is 30.4 Å². The SMILES string of the molecule is C#Cc1cccc(NC(=O)CNC(=O)c2ccc(OCC(=O)N3C(C)CCCC3C)cc2)c1. The Kier molecular flexibility index (Phi) is 8.09. The maximum atomic E-state index is 12.6. The van der Waals surface area contributed by atoms with Crippen molar-refractivity contribution in [3.8, 4) is 18.1 Å². The zero-order valence-electron chi connectivity index (χ0n) is 19.0. The third-order valence-corrected chi connectivity index (χ3v) is 5.68. The molecule has 0 saturated carbocycles. The number of rotatable bonds is 7. The highest BCUT2D eigenvalue weighted by Crippen LogP contribution is 2.23. The molecule has 2 N–H and O–H groups in total. The molecule has 2 aromatic rings. The summed E-state index contributed by atoms with van der Waals surface area (Å²) >= 11 is 0. The molecule has 0 bridgehead atoms. The predicted molar refractivity (Wildman–Crippen MR) is 127 cm³/mol. The lowest BCUT2D eigenvalue weighted by Gasteiger charge is -2.38. The maximum Gasteiger partial charge on any atom is 0.260 e. The number of terminal acetylenes is 1. The average Bonchev–Trinajstić information content (AvgIpc) is 2.81. The van der Waals surface area contributed by atoms with Gasteiger partial charge in [-0.1, -0.05) is 12.0 Å². The van der Waals surface area contributed by atoms with E-state index in [1.54, 1.807) is 48.5 Å². The number of hydrogen-bond acceptors (Lipinski definition) is 4. The molecule has 1 saturated heterocycles. The van der Waals surface area contributed by atoms with Crippen LogP contribution in [0.1, 0.15) is 49.0 Å². The van der Waals surface area contributed by atoms with Gasteiger partial charge in [-0.05, 0) is 75.6 Å². The second kappa shape index (κ2) is 11.2. The highest BCUT2D eigenvalue weighted by molar-refractivity contribution is 5.99. The van der Waals surface area contributed by atoms with Gasteiger partial charge < -0.3 is 20.3 Å². The van der Waals surface area contributed by atoms with Gasteiger partial charge in [-0.2, -0.15) is 0 Å². The van der Waals surface area contributed by atoms with Gasteiger partial charge in [-0.3, -0.25) is 14.4 Å². The number of amides is 3. The van der Waals surface area contributed by atoms with Gasteiger partial charge in [-0.25, -0.2) is 0 Å². The normalized spacial score (nSPS) is 17.5. The first-order valence-corrected chi connectivity index (χ1v) is 11.1. The smallest absolute Gasteiger partial charge is 0.260 e. The van der Waals surface area contributed by atoms with Crippen LogP contribution in [0.4, 0.5) is 5.69 Å². The molecule has 2 aromatic carbocycles. The minimum Gasteiger partial charge on any atom is -0.484 e. The van der Waals surface area contributed by atoms with Crippen molar-refractivity contribution in [2.45, 2.75) is 45.2 Å². The summed E-state index contributed by atoms with van der Waals surface area (Å²) in [5, 5.41) is 5.26. The van der Waals surface area contributed by atoms with E-state index in [9.17, 15) is 14.4 Å². The summed E-state index contributed by atoms with van der Waals surface area (Å²) in [6.45, 7) is 3.91. The van der Waals surface area contributed by atoms with Crippen molar-refractivity contribution in [1.82, 2.24) is 10.2 Å². The number of benzene rings is 2. The van der Waals surface area contributed by atoms with Crippen LogP contribution in [0.3, 0.4) is 0 Å². The molecule has 1 aliphatic rings. The quantitative estimate of drug-likeness (QED) is 0.638. The summed E-state index contributed by atoms with van der Waals surface area (Å²) in [6, 6.07) is 13.8. The van der Waals surface area contributed by atoms with Crippen molar-refractivity contribution in [1.29, 1.82) is 0 Å². The lowest BCUT2D eigenvalue weighted by atomic mass is 9.97. The molecule has 1 aliphatic heterocycles. The molecular formula is C26H29N3O4. The van der Waals surface area contributed by atoms with Gasteiger partial charge in [0.2, 0.25) is 5.91 Å². The Morgan fingerprint density at radius 3 is 2.45 bits per heavy atom. The number of hydrogen-bond donors (Lipinski definition) is 2. The third-order valence-electron chi connectivity index (χ3n) is 5.68. The minimum atomic E-state index is -0.388. The Balaban J connectivity index is 1.46. The Morgan fingerprint density at radius 1 is 1.09 bits per heavy atom. The first kappa shape index (κ1) is 23.9. The topological polar surface area (TPSA) is 87.7 Å². The fourth-order valence-electron chi connectivity index (χ4n) is 3.99. The maximum absolute atomic E-state index is 12.6. The highest BCUT2D eigenvalue weighted by atomic mass is 16.5. The van der Waals surface area contributed by atoms with Gasteiger partial charge in [0.1, 0.15) is 5.75 Å². The van der Waals surface area contributed by atoms with Crippen LogP contribution in [0.5, 0.6) is 5.75 Å². The second-order valence-corrected chi connectivity index (χ2v) is 8.20. The molecule has 3 amide bonds. The van der Waals surface area contributed by atoms with Gasteiger partial charge in [-0.15, -0.1) is 6.42 Å². The lowest BCUT2D eigenvalue weighted by Crippen LogP contribution is -2.49. The van der Waals surface area contributed by atoms with Crippen molar-refractivity contribution in [2.24, 2.45) is 0 Å². The first-order chi connectivity index (χ1) is 15.9. The van der Waals surface area contributed by atoms with Gasteiger partial charge in [0.15, 0.2) is 6.61 Å². The molecule has 1 fully saturated rings. The zero-order valence-corrected chi connectivity index (χ0v) is 19.0. The van der Waals surface area contributed by atoms with Gasteiger partial charge in [0.05, 0.1) is 6.54 Å². The molecule has 0 aliphatic carbocycles. The van der Waals surface area contributed by atoms with E-state index in [4.69, 9.17) is 11.2 Å². The molecule has 172 valence electrons. The number of piperidine rings is 1. The van der Waals surface area contributed by atoms with Crippen molar-refractivity contribution >= 4 is 23.4 Å². The van der Waals surface area contributed by atoms with Crippen molar-refractivity contribution in [3.05, 3.63) is 59.7 Å². The van der Waals surface area contributed by atoms with E-state index in [1.165, 1.54) is 0 Å². The molecule has 2 atom stereocenters. The van der Waals surface area contributed by atoms with E-state index in [0.29, 0.717) is 22.6 Å². The molecule has 0 spiro atoms. The molecule has 7 nitrogen and oxygen atoms in total. The van der Waals surface area contributed by atoms with E-state index >= 15 is 0 Å². The van der Waals surface area contributed by atoms with Crippen LogP contribution >= 0.6 is 0 Å². The van der Waals surface area contributed by atoms with E-state index in [-0.39, 0.29) is 43.0 Å². The summed E-state index contributed by atoms with van der Waals surface area (Å²) in [7, 11) is 0. The monoisotopic (exact) mass is 447 g/mol. The first-order valence-electron chi connectivity index (χ1n) is 11.1.